The highest BCUT2D eigenvalue weighted by molar-refractivity contribution is 5.71. The number of piperidine rings is 1. The van der Waals surface area contributed by atoms with Crippen molar-refractivity contribution in [2.45, 2.75) is 18.3 Å². The quantitative estimate of drug-likeness (QED) is 0.769. The van der Waals surface area contributed by atoms with Gasteiger partial charge in [0, 0.05) is 16.8 Å². The van der Waals surface area contributed by atoms with E-state index in [1.165, 1.54) is 16.8 Å². The van der Waals surface area contributed by atoms with Crippen LogP contribution in [0.4, 0.5) is 5.69 Å². The van der Waals surface area contributed by atoms with Crippen molar-refractivity contribution in [1.82, 2.24) is 5.32 Å². The van der Waals surface area contributed by atoms with Crippen molar-refractivity contribution in [3.63, 3.8) is 0 Å². The van der Waals surface area contributed by atoms with Crippen LogP contribution in [0.15, 0.2) is 37.1 Å². The maximum Gasteiger partial charge on any atom is 0.0424 e. The number of benzene rings is 1. The minimum Gasteiger partial charge on any atom is -0.358 e. The van der Waals surface area contributed by atoms with Gasteiger partial charge in [0.1, 0.15) is 0 Å². The molecule has 2 heteroatoms. The van der Waals surface area contributed by atoms with Crippen molar-refractivity contribution < 1.29 is 0 Å². The predicted octanol–water partition coefficient (Wildman–Crippen LogP) is 2.89. The van der Waals surface area contributed by atoms with Gasteiger partial charge in [-0.15, -0.1) is 0 Å². The van der Waals surface area contributed by atoms with Crippen molar-refractivity contribution in [3.8, 4) is 0 Å². The summed E-state index contributed by atoms with van der Waals surface area (Å²) in [5.41, 5.74) is 5.12. The Morgan fingerprint density at radius 1 is 1.24 bits per heavy atom. The first-order chi connectivity index (χ1) is 8.26. The van der Waals surface area contributed by atoms with Crippen LogP contribution in [-0.4, -0.2) is 13.1 Å². The first-order valence-electron chi connectivity index (χ1n) is 6.20. The molecule has 2 aliphatic heterocycles. The van der Waals surface area contributed by atoms with Crippen molar-refractivity contribution >= 4 is 11.8 Å². The first-order valence-corrected chi connectivity index (χ1v) is 6.20. The zero-order valence-corrected chi connectivity index (χ0v) is 10.1. The number of nitrogens with one attached hydrogen (secondary N) is 2. The lowest BCUT2D eigenvalue weighted by Crippen LogP contribution is -2.39. The van der Waals surface area contributed by atoms with Crippen molar-refractivity contribution in [2.24, 2.45) is 0 Å². The van der Waals surface area contributed by atoms with Crippen LogP contribution in [0.5, 0.6) is 0 Å². The highest BCUT2D eigenvalue weighted by Gasteiger charge is 2.42. The molecule has 0 aliphatic carbocycles. The van der Waals surface area contributed by atoms with E-state index in [0.29, 0.717) is 0 Å². The Morgan fingerprint density at radius 2 is 2.00 bits per heavy atom. The van der Waals surface area contributed by atoms with Gasteiger partial charge >= 0.3 is 0 Å². The molecule has 0 bridgehead atoms. The summed E-state index contributed by atoms with van der Waals surface area (Å²) in [7, 11) is 0. The summed E-state index contributed by atoms with van der Waals surface area (Å²) in [5, 5.41) is 6.88. The molecular formula is C15H18N2. The van der Waals surface area contributed by atoms with Gasteiger partial charge in [-0.05, 0) is 49.2 Å². The van der Waals surface area contributed by atoms with E-state index in [1.807, 2.05) is 6.08 Å². The number of anilines is 1. The number of rotatable bonds is 1. The van der Waals surface area contributed by atoms with Gasteiger partial charge in [-0.2, -0.15) is 0 Å². The number of fused-ring (bicyclic) bond motifs is 2. The molecule has 1 aromatic rings. The summed E-state index contributed by atoms with van der Waals surface area (Å²) < 4.78 is 0. The highest BCUT2D eigenvalue weighted by Crippen LogP contribution is 2.48. The average Bonchev–Trinajstić information content (AvgIpc) is 2.63. The summed E-state index contributed by atoms with van der Waals surface area (Å²) in [6, 6.07) is 6.51. The molecule has 2 nitrogen and oxygen atoms in total. The van der Waals surface area contributed by atoms with E-state index in [4.69, 9.17) is 0 Å². The zero-order valence-electron chi connectivity index (χ0n) is 10.1. The van der Waals surface area contributed by atoms with Crippen LogP contribution in [0.3, 0.4) is 0 Å². The summed E-state index contributed by atoms with van der Waals surface area (Å²) in [6.07, 6.45) is 4.18. The maximum absolute atomic E-state index is 4.24. The number of hydrogen-bond donors (Lipinski definition) is 2. The minimum atomic E-state index is 0.138. The fraction of sp³-hybridized carbons (Fsp3) is 0.333. The largest absolute Gasteiger partial charge is 0.358 e. The molecule has 17 heavy (non-hydrogen) atoms. The van der Waals surface area contributed by atoms with Crippen LogP contribution in [-0.2, 0) is 5.41 Å². The molecule has 88 valence electrons. The van der Waals surface area contributed by atoms with Gasteiger partial charge in [0.2, 0.25) is 0 Å². The van der Waals surface area contributed by atoms with E-state index in [1.54, 1.807) is 0 Å². The minimum absolute atomic E-state index is 0.138. The third-order valence-electron chi connectivity index (χ3n) is 4.12. The standard InChI is InChI=1S/C15H18N2/c1-3-12-4-5-14-13(10-12)15(11(2)17-14)6-8-16-9-7-15/h3-5,10,16-17H,1-2,6-9H2. The second-order valence-corrected chi connectivity index (χ2v) is 4.94. The Hall–Kier alpha value is -1.54. The molecule has 0 unspecified atom stereocenters. The normalized spacial score (nSPS) is 21.1. The monoisotopic (exact) mass is 226 g/mol. The van der Waals surface area contributed by atoms with Gasteiger partial charge in [-0.25, -0.2) is 0 Å². The van der Waals surface area contributed by atoms with Gasteiger partial charge in [0.15, 0.2) is 0 Å². The Morgan fingerprint density at radius 3 is 2.71 bits per heavy atom. The van der Waals surface area contributed by atoms with Crippen LogP contribution in [0.2, 0.25) is 0 Å². The van der Waals surface area contributed by atoms with Crippen LogP contribution in [0.25, 0.3) is 6.08 Å². The molecule has 1 aromatic carbocycles. The molecular weight excluding hydrogens is 208 g/mol. The lowest BCUT2D eigenvalue weighted by Gasteiger charge is -2.35. The van der Waals surface area contributed by atoms with Gasteiger partial charge in [0.05, 0.1) is 0 Å². The Labute approximate surface area is 102 Å². The van der Waals surface area contributed by atoms with Crippen molar-refractivity contribution in [1.29, 1.82) is 0 Å². The molecule has 2 N–H and O–H groups in total. The number of allylic oxidation sites excluding steroid dienone is 1. The van der Waals surface area contributed by atoms with Crippen LogP contribution < -0.4 is 10.6 Å². The van der Waals surface area contributed by atoms with Crippen molar-refractivity contribution in [3.05, 3.63) is 48.2 Å². The lowest BCUT2D eigenvalue weighted by atomic mass is 9.72. The van der Waals surface area contributed by atoms with E-state index in [-0.39, 0.29) is 5.41 Å². The van der Waals surface area contributed by atoms with E-state index in [9.17, 15) is 0 Å². The molecule has 0 atom stereocenters. The Balaban J connectivity index is 2.13. The Bertz CT molecular complexity index is 482. The number of hydrogen-bond acceptors (Lipinski definition) is 2. The molecule has 1 spiro atoms. The van der Waals surface area contributed by atoms with Gasteiger partial charge in [-0.3, -0.25) is 0 Å². The molecule has 2 heterocycles. The molecule has 1 fully saturated rings. The van der Waals surface area contributed by atoms with Gasteiger partial charge < -0.3 is 10.6 Å². The molecule has 0 aromatic heterocycles. The maximum atomic E-state index is 4.24. The van der Waals surface area contributed by atoms with E-state index in [0.717, 1.165) is 31.6 Å². The smallest absolute Gasteiger partial charge is 0.0424 e. The van der Waals surface area contributed by atoms with Crippen molar-refractivity contribution in [2.75, 3.05) is 18.4 Å². The van der Waals surface area contributed by atoms with Crippen LogP contribution in [0.1, 0.15) is 24.0 Å². The molecule has 0 amide bonds. The molecule has 1 saturated heterocycles. The lowest BCUT2D eigenvalue weighted by molar-refractivity contribution is 0.367. The van der Waals surface area contributed by atoms with E-state index >= 15 is 0 Å². The Kier molecular flexibility index (Phi) is 2.33. The second kappa shape index (κ2) is 3.74. The fourth-order valence-electron chi connectivity index (χ4n) is 3.06. The molecule has 2 aliphatic rings. The molecule has 0 radical (unpaired) electrons. The second-order valence-electron chi connectivity index (χ2n) is 4.94. The van der Waals surface area contributed by atoms with E-state index in [2.05, 4.69) is 42.0 Å². The SMILES string of the molecule is C=Cc1ccc2c(c1)C1(CCNCC1)C(=C)N2. The molecule has 0 saturated carbocycles. The van der Waals surface area contributed by atoms with Crippen LogP contribution in [0, 0.1) is 0 Å². The zero-order chi connectivity index (χ0) is 11.9. The third-order valence-corrected chi connectivity index (χ3v) is 4.12. The predicted molar refractivity (Wildman–Crippen MR) is 73.1 cm³/mol. The topological polar surface area (TPSA) is 24.1 Å². The summed E-state index contributed by atoms with van der Waals surface area (Å²) >= 11 is 0. The average molecular weight is 226 g/mol. The summed E-state index contributed by atoms with van der Waals surface area (Å²) in [5.74, 6) is 0. The highest BCUT2D eigenvalue weighted by atomic mass is 15.0. The molecule has 3 rings (SSSR count). The summed E-state index contributed by atoms with van der Waals surface area (Å²) in [6.45, 7) is 10.2. The van der Waals surface area contributed by atoms with Gasteiger partial charge in [-0.1, -0.05) is 25.3 Å². The fourth-order valence-corrected chi connectivity index (χ4v) is 3.06. The first kappa shape index (κ1) is 10.6. The third kappa shape index (κ3) is 1.44. The summed E-state index contributed by atoms with van der Waals surface area (Å²) in [4.78, 5) is 0. The van der Waals surface area contributed by atoms with E-state index < -0.39 is 0 Å². The van der Waals surface area contributed by atoms with Gasteiger partial charge in [0.25, 0.3) is 0 Å². The van der Waals surface area contributed by atoms with Crippen LogP contribution >= 0.6 is 0 Å².